The van der Waals surface area contributed by atoms with Crippen LogP contribution < -0.4 is 5.32 Å². The van der Waals surface area contributed by atoms with E-state index in [1.807, 2.05) is 38.5 Å². The molecule has 0 unspecified atom stereocenters. The highest BCUT2D eigenvalue weighted by Gasteiger charge is 2.11. The maximum Gasteiger partial charge on any atom is 0.249 e. The zero-order valence-corrected chi connectivity index (χ0v) is 13.5. The molecule has 25 heavy (non-hydrogen) atoms. The molecule has 0 fully saturated rings. The number of pyridine rings is 1. The van der Waals surface area contributed by atoms with E-state index in [0.717, 1.165) is 16.8 Å². The van der Waals surface area contributed by atoms with E-state index in [0.29, 0.717) is 5.65 Å². The number of fused-ring (bicyclic) bond motifs is 1. The van der Waals surface area contributed by atoms with Gasteiger partial charge in [-0.1, -0.05) is 0 Å². The lowest BCUT2D eigenvalue weighted by Gasteiger charge is -1.99. The first-order chi connectivity index (χ1) is 12.1. The number of aromatic nitrogens is 9. The summed E-state index contributed by atoms with van der Waals surface area (Å²) in [6.07, 6.45) is 5.16. The second-order valence-corrected chi connectivity index (χ2v) is 5.51. The van der Waals surface area contributed by atoms with E-state index in [9.17, 15) is 4.79 Å². The third kappa shape index (κ3) is 2.94. The molecule has 0 aromatic carbocycles. The monoisotopic (exact) mass is 338 g/mol. The first-order valence-corrected chi connectivity index (χ1v) is 7.46. The maximum absolute atomic E-state index is 12.0. The van der Waals surface area contributed by atoms with Gasteiger partial charge in [-0.2, -0.15) is 10.1 Å². The van der Waals surface area contributed by atoms with Gasteiger partial charge in [0.1, 0.15) is 12.9 Å². The van der Waals surface area contributed by atoms with Gasteiger partial charge in [0.05, 0.1) is 5.69 Å². The SMILES string of the molecule is Cc1nn(C)cc1-c1ccc2nc(NC(=O)Cn3cnnn3)nn2c1. The molecule has 0 atom stereocenters. The van der Waals surface area contributed by atoms with Crippen molar-refractivity contribution < 1.29 is 4.79 Å². The molecule has 1 N–H and O–H groups in total. The summed E-state index contributed by atoms with van der Waals surface area (Å²) in [6, 6.07) is 3.78. The molecule has 0 aliphatic rings. The van der Waals surface area contributed by atoms with Crippen LogP contribution in [0.3, 0.4) is 0 Å². The van der Waals surface area contributed by atoms with Crippen LogP contribution in [0.15, 0.2) is 30.9 Å². The summed E-state index contributed by atoms with van der Waals surface area (Å²) >= 11 is 0. The largest absolute Gasteiger partial charge is 0.292 e. The van der Waals surface area contributed by atoms with Gasteiger partial charge in [-0.05, 0) is 29.5 Å². The van der Waals surface area contributed by atoms with Crippen LogP contribution in [0, 0.1) is 6.92 Å². The van der Waals surface area contributed by atoms with Gasteiger partial charge in [-0.15, -0.1) is 10.2 Å². The highest BCUT2D eigenvalue weighted by atomic mass is 16.2. The van der Waals surface area contributed by atoms with Crippen LogP contribution in [0.5, 0.6) is 0 Å². The fraction of sp³-hybridized carbons (Fsp3) is 0.214. The van der Waals surface area contributed by atoms with Crippen LogP contribution in [-0.2, 0) is 18.4 Å². The molecule has 0 bridgehead atoms. The van der Waals surface area contributed by atoms with E-state index in [1.54, 1.807) is 9.20 Å². The van der Waals surface area contributed by atoms with Crippen molar-refractivity contribution in [3.63, 3.8) is 0 Å². The van der Waals surface area contributed by atoms with E-state index in [-0.39, 0.29) is 18.4 Å². The second kappa shape index (κ2) is 5.78. The van der Waals surface area contributed by atoms with Crippen LogP contribution in [-0.4, -0.2) is 50.5 Å². The van der Waals surface area contributed by atoms with E-state index in [1.165, 1.54) is 11.0 Å². The van der Waals surface area contributed by atoms with Crippen molar-refractivity contribution in [3.05, 3.63) is 36.5 Å². The highest BCUT2D eigenvalue weighted by molar-refractivity contribution is 5.88. The first-order valence-electron chi connectivity index (χ1n) is 7.46. The third-order valence-corrected chi connectivity index (χ3v) is 3.60. The Morgan fingerprint density at radius 2 is 2.12 bits per heavy atom. The Morgan fingerprint density at radius 1 is 1.24 bits per heavy atom. The van der Waals surface area contributed by atoms with Crippen molar-refractivity contribution in [2.24, 2.45) is 7.05 Å². The van der Waals surface area contributed by atoms with E-state index in [2.05, 4.69) is 36.0 Å². The zero-order valence-electron chi connectivity index (χ0n) is 13.5. The predicted molar refractivity (Wildman–Crippen MR) is 86.4 cm³/mol. The Hall–Kier alpha value is -3.63. The average Bonchev–Trinajstić information content (AvgIpc) is 3.26. The Morgan fingerprint density at radius 3 is 2.84 bits per heavy atom. The predicted octanol–water partition coefficient (Wildman–Crippen LogP) is 0.0634. The minimum absolute atomic E-state index is 0.0112. The van der Waals surface area contributed by atoms with Gasteiger partial charge >= 0.3 is 0 Å². The van der Waals surface area contributed by atoms with Crippen LogP contribution >= 0.6 is 0 Å². The van der Waals surface area contributed by atoms with Gasteiger partial charge in [-0.25, -0.2) is 9.20 Å². The van der Waals surface area contributed by atoms with Gasteiger partial charge in [0, 0.05) is 30.6 Å². The average molecular weight is 338 g/mol. The fourth-order valence-electron chi connectivity index (χ4n) is 2.54. The summed E-state index contributed by atoms with van der Waals surface area (Å²) in [6.45, 7) is 1.94. The number of carbonyl (C=O) groups is 1. The van der Waals surface area contributed by atoms with Crippen LogP contribution in [0.2, 0.25) is 0 Å². The number of rotatable bonds is 4. The molecule has 4 aromatic heterocycles. The molecule has 126 valence electrons. The maximum atomic E-state index is 12.0. The molecule has 0 saturated heterocycles. The molecule has 0 radical (unpaired) electrons. The minimum atomic E-state index is -0.313. The summed E-state index contributed by atoms with van der Waals surface area (Å²) in [5.41, 5.74) is 3.54. The van der Waals surface area contributed by atoms with Crippen molar-refractivity contribution >= 4 is 17.5 Å². The quantitative estimate of drug-likeness (QED) is 0.558. The normalized spacial score (nSPS) is 11.1. The zero-order chi connectivity index (χ0) is 17.4. The molecule has 11 heteroatoms. The molecular formula is C14H14N10O. The lowest BCUT2D eigenvalue weighted by Crippen LogP contribution is -2.19. The summed E-state index contributed by atoms with van der Waals surface area (Å²) in [5, 5.41) is 21.8. The van der Waals surface area contributed by atoms with Crippen molar-refractivity contribution in [1.82, 2.24) is 44.6 Å². The number of carbonyl (C=O) groups excluding carboxylic acids is 1. The van der Waals surface area contributed by atoms with E-state index in [4.69, 9.17) is 0 Å². The van der Waals surface area contributed by atoms with E-state index >= 15 is 0 Å². The minimum Gasteiger partial charge on any atom is -0.292 e. The summed E-state index contributed by atoms with van der Waals surface area (Å²) in [5.74, 6) is -0.0929. The number of hydrogen-bond donors (Lipinski definition) is 1. The van der Waals surface area contributed by atoms with Crippen LogP contribution in [0.4, 0.5) is 5.95 Å². The molecule has 4 heterocycles. The number of tetrazole rings is 1. The van der Waals surface area contributed by atoms with Gasteiger partial charge < -0.3 is 0 Å². The number of aryl methyl sites for hydroxylation is 2. The smallest absolute Gasteiger partial charge is 0.249 e. The van der Waals surface area contributed by atoms with Crippen molar-refractivity contribution in [2.75, 3.05) is 5.32 Å². The first kappa shape index (κ1) is 14.9. The summed E-state index contributed by atoms with van der Waals surface area (Å²) in [7, 11) is 1.88. The lowest BCUT2D eigenvalue weighted by molar-refractivity contribution is -0.117. The second-order valence-electron chi connectivity index (χ2n) is 5.51. The third-order valence-electron chi connectivity index (χ3n) is 3.60. The standard InChI is InChI=1S/C14H14N10O/c1-9-11(6-22(2)18-9)10-3-4-12-16-14(19-24(12)5-10)17-13(25)7-23-8-15-20-21-23/h3-6,8H,7H2,1-2H3,(H,17,19,25). The van der Waals surface area contributed by atoms with Gasteiger partial charge in [0.2, 0.25) is 11.9 Å². The summed E-state index contributed by atoms with van der Waals surface area (Å²) < 4.78 is 4.70. The molecule has 4 aromatic rings. The Kier molecular flexibility index (Phi) is 3.45. The molecule has 0 aliphatic carbocycles. The fourth-order valence-corrected chi connectivity index (χ4v) is 2.54. The lowest BCUT2D eigenvalue weighted by atomic mass is 10.1. The van der Waals surface area contributed by atoms with Gasteiger partial charge in [0.15, 0.2) is 5.65 Å². The topological polar surface area (TPSA) is 121 Å². The van der Waals surface area contributed by atoms with Gasteiger partial charge in [-0.3, -0.25) is 14.8 Å². The van der Waals surface area contributed by atoms with Crippen LogP contribution in [0.1, 0.15) is 5.69 Å². The Labute approximate surface area is 141 Å². The molecule has 0 spiro atoms. The Bertz CT molecular complexity index is 1050. The molecule has 11 nitrogen and oxygen atoms in total. The highest BCUT2D eigenvalue weighted by Crippen LogP contribution is 2.22. The number of nitrogens with one attached hydrogen (secondary N) is 1. The number of amides is 1. The van der Waals surface area contributed by atoms with Crippen molar-refractivity contribution in [1.29, 1.82) is 0 Å². The number of nitrogens with zero attached hydrogens (tertiary/aromatic N) is 9. The molecule has 4 rings (SSSR count). The molecule has 0 saturated carbocycles. The van der Waals surface area contributed by atoms with Gasteiger partial charge in [0.25, 0.3) is 0 Å². The molecular weight excluding hydrogens is 324 g/mol. The Balaban J connectivity index is 1.58. The van der Waals surface area contributed by atoms with Crippen molar-refractivity contribution in [3.8, 4) is 11.1 Å². The van der Waals surface area contributed by atoms with Crippen LogP contribution in [0.25, 0.3) is 16.8 Å². The number of hydrogen-bond acceptors (Lipinski definition) is 7. The van der Waals surface area contributed by atoms with Crippen molar-refractivity contribution in [2.45, 2.75) is 13.5 Å². The molecule has 0 aliphatic heterocycles. The number of anilines is 1. The summed E-state index contributed by atoms with van der Waals surface area (Å²) in [4.78, 5) is 16.2. The molecule has 1 amide bonds. The van der Waals surface area contributed by atoms with E-state index < -0.39 is 0 Å².